The van der Waals surface area contributed by atoms with Crippen LogP contribution in [-0.2, 0) is 11.3 Å². The van der Waals surface area contributed by atoms with Crippen LogP contribution in [0.2, 0.25) is 0 Å². The van der Waals surface area contributed by atoms with Crippen LogP contribution in [-0.4, -0.2) is 53.9 Å². The van der Waals surface area contributed by atoms with Crippen molar-refractivity contribution in [3.63, 3.8) is 0 Å². The van der Waals surface area contributed by atoms with Crippen molar-refractivity contribution in [1.29, 1.82) is 0 Å². The summed E-state index contributed by atoms with van der Waals surface area (Å²) in [5.41, 5.74) is 7.54. The van der Waals surface area contributed by atoms with Gasteiger partial charge in [-0.05, 0) is 26.1 Å². The van der Waals surface area contributed by atoms with Crippen molar-refractivity contribution in [3.05, 3.63) is 29.6 Å². The molecule has 0 spiro atoms. The fraction of sp³-hybridized carbons (Fsp3) is 0.571. The zero-order valence-electron chi connectivity index (χ0n) is 11.7. The van der Waals surface area contributed by atoms with Gasteiger partial charge in [-0.3, -0.25) is 14.7 Å². The average Bonchev–Trinajstić information content (AvgIpc) is 2.52. The molecule has 0 saturated carbocycles. The van der Waals surface area contributed by atoms with Gasteiger partial charge in [-0.25, -0.2) is 0 Å². The largest absolute Gasteiger partial charge is 0.369 e. The van der Waals surface area contributed by atoms with Crippen LogP contribution in [0.5, 0.6) is 0 Å². The van der Waals surface area contributed by atoms with Crippen LogP contribution in [0.4, 0.5) is 0 Å². The van der Waals surface area contributed by atoms with Gasteiger partial charge in [-0.1, -0.05) is 6.07 Å². The van der Waals surface area contributed by atoms with E-state index in [-0.39, 0.29) is 11.8 Å². The fourth-order valence-electron chi connectivity index (χ4n) is 2.48. The van der Waals surface area contributed by atoms with E-state index in [1.807, 2.05) is 32.2 Å². The summed E-state index contributed by atoms with van der Waals surface area (Å²) >= 11 is 0. The zero-order chi connectivity index (χ0) is 13.8. The highest BCUT2D eigenvalue weighted by Gasteiger charge is 2.24. The third-order valence-corrected chi connectivity index (χ3v) is 3.54. The van der Waals surface area contributed by atoms with Crippen molar-refractivity contribution in [2.75, 3.05) is 33.2 Å². The fourth-order valence-corrected chi connectivity index (χ4v) is 2.48. The SMILES string of the molecule is Cc1cccc(CN2CCN(C)CC(C(N)=O)C2)n1. The second-order valence-corrected chi connectivity index (χ2v) is 5.37. The maximum atomic E-state index is 11.5. The first-order valence-corrected chi connectivity index (χ1v) is 6.67. The number of amides is 1. The minimum atomic E-state index is -0.212. The van der Waals surface area contributed by atoms with E-state index in [0.717, 1.165) is 44.1 Å². The van der Waals surface area contributed by atoms with Crippen LogP contribution in [0, 0.1) is 12.8 Å². The van der Waals surface area contributed by atoms with Gasteiger partial charge in [-0.15, -0.1) is 0 Å². The van der Waals surface area contributed by atoms with Crippen molar-refractivity contribution in [2.45, 2.75) is 13.5 Å². The van der Waals surface area contributed by atoms with E-state index >= 15 is 0 Å². The molecule has 5 heteroatoms. The number of rotatable bonds is 3. The highest BCUT2D eigenvalue weighted by Crippen LogP contribution is 2.11. The third kappa shape index (κ3) is 4.01. The lowest BCUT2D eigenvalue weighted by Gasteiger charge is -2.21. The second kappa shape index (κ2) is 6.12. The molecule has 0 aromatic carbocycles. The first kappa shape index (κ1) is 14.0. The average molecular weight is 262 g/mol. The predicted octanol–water partition coefficient (Wildman–Crippen LogP) is 0.239. The number of nitrogens with two attached hydrogens (primary N) is 1. The van der Waals surface area contributed by atoms with E-state index in [1.165, 1.54) is 0 Å². The van der Waals surface area contributed by atoms with Crippen LogP contribution < -0.4 is 5.73 Å². The normalized spacial score (nSPS) is 22.1. The van der Waals surface area contributed by atoms with E-state index in [4.69, 9.17) is 5.73 Å². The van der Waals surface area contributed by atoms with Gasteiger partial charge in [0.15, 0.2) is 0 Å². The molecule has 0 radical (unpaired) electrons. The number of nitrogens with zero attached hydrogens (tertiary/aromatic N) is 3. The summed E-state index contributed by atoms with van der Waals surface area (Å²) in [6.07, 6.45) is 0. The number of aromatic nitrogens is 1. The lowest BCUT2D eigenvalue weighted by Crippen LogP contribution is -2.37. The molecule has 1 atom stereocenters. The Morgan fingerprint density at radius 1 is 1.42 bits per heavy atom. The molecule has 104 valence electrons. The van der Waals surface area contributed by atoms with Crippen molar-refractivity contribution >= 4 is 5.91 Å². The zero-order valence-corrected chi connectivity index (χ0v) is 11.7. The van der Waals surface area contributed by atoms with E-state index in [9.17, 15) is 4.79 Å². The molecule has 0 bridgehead atoms. The maximum absolute atomic E-state index is 11.5. The van der Waals surface area contributed by atoms with Gasteiger partial charge in [0.05, 0.1) is 11.6 Å². The summed E-state index contributed by atoms with van der Waals surface area (Å²) in [6, 6.07) is 6.04. The van der Waals surface area contributed by atoms with Gasteiger partial charge in [0.2, 0.25) is 5.91 Å². The minimum Gasteiger partial charge on any atom is -0.369 e. The molecule has 1 unspecified atom stereocenters. The molecule has 1 aromatic rings. The molecule has 5 nitrogen and oxygen atoms in total. The number of aryl methyl sites for hydroxylation is 1. The number of pyridine rings is 1. The third-order valence-electron chi connectivity index (χ3n) is 3.54. The van der Waals surface area contributed by atoms with E-state index in [2.05, 4.69) is 14.8 Å². The van der Waals surface area contributed by atoms with E-state index in [1.54, 1.807) is 0 Å². The molecular weight excluding hydrogens is 240 g/mol. The highest BCUT2D eigenvalue weighted by atomic mass is 16.1. The lowest BCUT2D eigenvalue weighted by atomic mass is 10.1. The van der Waals surface area contributed by atoms with Gasteiger partial charge in [0.1, 0.15) is 0 Å². The molecule has 19 heavy (non-hydrogen) atoms. The molecule has 1 aliphatic heterocycles. The summed E-state index contributed by atoms with van der Waals surface area (Å²) in [6.45, 7) is 6.12. The summed E-state index contributed by atoms with van der Waals surface area (Å²) < 4.78 is 0. The van der Waals surface area contributed by atoms with Gasteiger partial charge >= 0.3 is 0 Å². The van der Waals surface area contributed by atoms with Crippen LogP contribution in [0.3, 0.4) is 0 Å². The number of carbonyl (C=O) groups is 1. The van der Waals surface area contributed by atoms with Crippen molar-refractivity contribution in [1.82, 2.24) is 14.8 Å². The maximum Gasteiger partial charge on any atom is 0.223 e. The van der Waals surface area contributed by atoms with Crippen LogP contribution >= 0.6 is 0 Å². The monoisotopic (exact) mass is 262 g/mol. The van der Waals surface area contributed by atoms with Crippen LogP contribution in [0.1, 0.15) is 11.4 Å². The summed E-state index contributed by atoms with van der Waals surface area (Å²) in [7, 11) is 2.03. The van der Waals surface area contributed by atoms with Crippen molar-refractivity contribution < 1.29 is 4.79 Å². The van der Waals surface area contributed by atoms with Gasteiger partial charge < -0.3 is 10.6 Å². The lowest BCUT2D eigenvalue weighted by molar-refractivity contribution is -0.122. The highest BCUT2D eigenvalue weighted by molar-refractivity contribution is 5.77. The summed E-state index contributed by atoms with van der Waals surface area (Å²) in [4.78, 5) is 20.4. The first-order chi connectivity index (χ1) is 9.04. The Morgan fingerprint density at radius 3 is 2.89 bits per heavy atom. The number of primary amides is 1. The molecule has 1 amide bonds. The van der Waals surface area contributed by atoms with E-state index < -0.39 is 0 Å². The molecule has 1 aliphatic rings. The molecule has 1 saturated heterocycles. The van der Waals surface area contributed by atoms with E-state index in [0.29, 0.717) is 0 Å². The van der Waals surface area contributed by atoms with Crippen molar-refractivity contribution in [3.8, 4) is 0 Å². The first-order valence-electron chi connectivity index (χ1n) is 6.67. The topological polar surface area (TPSA) is 62.5 Å². The van der Waals surface area contributed by atoms with Gasteiger partial charge in [-0.2, -0.15) is 0 Å². The van der Waals surface area contributed by atoms with Crippen LogP contribution in [0.25, 0.3) is 0 Å². The second-order valence-electron chi connectivity index (χ2n) is 5.37. The van der Waals surface area contributed by atoms with Crippen LogP contribution in [0.15, 0.2) is 18.2 Å². The molecule has 2 N–H and O–H groups in total. The molecule has 1 fully saturated rings. The summed E-state index contributed by atoms with van der Waals surface area (Å²) in [5.74, 6) is -0.312. The Hall–Kier alpha value is -1.46. The van der Waals surface area contributed by atoms with Gasteiger partial charge in [0, 0.05) is 38.4 Å². The number of likely N-dealkylation sites (N-methyl/N-ethyl adjacent to an activating group) is 1. The predicted molar refractivity (Wildman–Crippen MR) is 74.4 cm³/mol. The smallest absolute Gasteiger partial charge is 0.223 e. The summed E-state index contributed by atoms with van der Waals surface area (Å²) in [5, 5.41) is 0. The standard InChI is InChI=1S/C14H22N4O/c1-11-4-3-5-13(16-11)10-18-7-6-17(2)8-12(9-18)14(15)19/h3-5,12H,6-10H2,1-2H3,(H2,15,19). The number of hydrogen-bond acceptors (Lipinski definition) is 4. The molecule has 2 rings (SSSR count). The molecule has 1 aromatic heterocycles. The van der Waals surface area contributed by atoms with Crippen molar-refractivity contribution in [2.24, 2.45) is 11.7 Å². The molecule has 2 heterocycles. The molecular formula is C14H22N4O. The number of carbonyl (C=O) groups excluding carboxylic acids is 1. The Labute approximate surface area is 114 Å². The minimum absolute atomic E-state index is 0.0997. The quantitative estimate of drug-likeness (QED) is 0.847. The molecule has 0 aliphatic carbocycles. The Balaban J connectivity index is 2.04. The number of hydrogen-bond donors (Lipinski definition) is 1. The Morgan fingerprint density at radius 2 is 2.21 bits per heavy atom. The Kier molecular flexibility index (Phi) is 4.50. The van der Waals surface area contributed by atoms with Gasteiger partial charge in [0.25, 0.3) is 0 Å². The Bertz CT molecular complexity index is 449.